The van der Waals surface area contributed by atoms with E-state index in [9.17, 15) is 0 Å². The summed E-state index contributed by atoms with van der Waals surface area (Å²) in [6, 6.07) is 24.6. The molecule has 0 bridgehead atoms. The predicted molar refractivity (Wildman–Crippen MR) is 129 cm³/mol. The highest BCUT2D eigenvalue weighted by Gasteiger charge is 2.06. The van der Waals surface area contributed by atoms with E-state index in [1.165, 1.54) is 5.56 Å². The highest BCUT2D eigenvalue weighted by Crippen LogP contribution is 2.17. The Hall–Kier alpha value is -3.80. The van der Waals surface area contributed by atoms with E-state index < -0.39 is 0 Å². The Morgan fingerprint density at radius 2 is 1.52 bits per heavy atom. The van der Waals surface area contributed by atoms with Gasteiger partial charge < -0.3 is 21.7 Å². The second-order valence-corrected chi connectivity index (χ2v) is 7.61. The molecule has 6 N–H and O–H groups in total. The van der Waals surface area contributed by atoms with Gasteiger partial charge in [-0.15, -0.1) is 0 Å². The number of hydrogen-bond donors (Lipinski definition) is 5. The molecule has 1 aliphatic rings. The van der Waals surface area contributed by atoms with E-state index in [2.05, 4.69) is 63.4 Å². The zero-order valence-corrected chi connectivity index (χ0v) is 17.5. The summed E-state index contributed by atoms with van der Waals surface area (Å²) in [7, 11) is 0. The Bertz CT molecular complexity index is 1050. The van der Waals surface area contributed by atoms with Crippen LogP contribution in [-0.2, 0) is 13.1 Å². The lowest BCUT2D eigenvalue weighted by molar-refractivity contribution is 0.742. The lowest BCUT2D eigenvalue weighted by Crippen LogP contribution is -2.30. The third-order valence-electron chi connectivity index (χ3n) is 5.25. The van der Waals surface area contributed by atoms with E-state index in [4.69, 9.17) is 11.1 Å². The molecule has 1 heterocycles. The SMILES string of the molecule is N=C(N)c1ccc(CNc2cccc(NCc3ccc(C4=NCCCN4)cc3)c2)cc1. The predicted octanol–water partition coefficient (Wildman–Crippen LogP) is 3.93. The number of rotatable bonds is 8. The third kappa shape index (κ3) is 5.63. The molecule has 0 amide bonds. The Morgan fingerprint density at radius 3 is 2.06 bits per heavy atom. The fourth-order valence-electron chi connectivity index (χ4n) is 3.46. The van der Waals surface area contributed by atoms with Crippen LogP contribution in [0.2, 0.25) is 0 Å². The molecule has 0 aliphatic carbocycles. The van der Waals surface area contributed by atoms with Gasteiger partial charge >= 0.3 is 0 Å². The molecule has 31 heavy (non-hydrogen) atoms. The van der Waals surface area contributed by atoms with Crippen molar-refractivity contribution in [3.05, 3.63) is 95.1 Å². The first-order valence-corrected chi connectivity index (χ1v) is 10.6. The molecular formula is C25H28N6. The maximum absolute atomic E-state index is 7.47. The summed E-state index contributed by atoms with van der Waals surface area (Å²) >= 11 is 0. The minimum absolute atomic E-state index is 0.0901. The molecule has 0 spiro atoms. The van der Waals surface area contributed by atoms with Crippen molar-refractivity contribution in [2.75, 3.05) is 23.7 Å². The van der Waals surface area contributed by atoms with Crippen LogP contribution in [-0.4, -0.2) is 24.8 Å². The van der Waals surface area contributed by atoms with E-state index in [1.54, 1.807) is 0 Å². The lowest BCUT2D eigenvalue weighted by Gasteiger charge is -2.15. The second-order valence-electron chi connectivity index (χ2n) is 7.61. The zero-order valence-electron chi connectivity index (χ0n) is 17.5. The highest BCUT2D eigenvalue weighted by atomic mass is 15.0. The van der Waals surface area contributed by atoms with Gasteiger partial charge in [-0.2, -0.15) is 0 Å². The van der Waals surface area contributed by atoms with Crippen LogP contribution in [0.25, 0.3) is 0 Å². The fraction of sp³-hybridized carbons (Fsp3) is 0.200. The van der Waals surface area contributed by atoms with Crippen molar-refractivity contribution < 1.29 is 0 Å². The molecule has 1 aliphatic heterocycles. The standard InChI is InChI=1S/C25H28N6/c26-24(27)20-9-5-18(6-10-20)16-30-22-3-1-4-23(15-22)31-17-19-7-11-21(12-8-19)25-28-13-2-14-29-25/h1,3-12,15,30-31H,2,13-14,16-17H2,(H3,26,27)(H,28,29). The molecule has 6 nitrogen and oxygen atoms in total. The van der Waals surface area contributed by atoms with E-state index >= 15 is 0 Å². The Kier molecular flexibility index (Phi) is 6.47. The summed E-state index contributed by atoms with van der Waals surface area (Å²) in [6.07, 6.45) is 1.10. The Labute approximate surface area is 183 Å². The number of nitrogens with two attached hydrogens (primary N) is 1. The average Bonchev–Trinajstić information content (AvgIpc) is 2.83. The number of hydrogen-bond acceptors (Lipinski definition) is 5. The second kappa shape index (κ2) is 9.80. The van der Waals surface area contributed by atoms with Crippen LogP contribution in [0.5, 0.6) is 0 Å². The molecule has 3 aromatic rings. The van der Waals surface area contributed by atoms with Gasteiger partial charge in [0.25, 0.3) is 0 Å². The van der Waals surface area contributed by atoms with Crippen LogP contribution < -0.4 is 21.7 Å². The maximum atomic E-state index is 7.47. The molecule has 0 aromatic heterocycles. The fourth-order valence-corrected chi connectivity index (χ4v) is 3.46. The minimum Gasteiger partial charge on any atom is -0.384 e. The van der Waals surface area contributed by atoms with Crippen molar-refractivity contribution in [1.29, 1.82) is 5.41 Å². The third-order valence-corrected chi connectivity index (χ3v) is 5.25. The molecule has 0 unspecified atom stereocenters. The number of amidine groups is 2. The van der Waals surface area contributed by atoms with Gasteiger partial charge in [0.1, 0.15) is 11.7 Å². The van der Waals surface area contributed by atoms with Crippen LogP contribution in [0.3, 0.4) is 0 Å². The van der Waals surface area contributed by atoms with Crippen LogP contribution in [0.1, 0.15) is 28.7 Å². The molecule has 0 atom stereocenters. The van der Waals surface area contributed by atoms with Gasteiger partial charge in [-0.3, -0.25) is 10.4 Å². The van der Waals surface area contributed by atoms with Crippen molar-refractivity contribution >= 4 is 23.0 Å². The number of nitrogen functional groups attached to an aromatic ring is 1. The molecule has 0 fully saturated rings. The monoisotopic (exact) mass is 412 g/mol. The quantitative estimate of drug-likeness (QED) is 0.286. The minimum atomic E-state index is 0.0901. The van der Waals surface area contributed by atoms with Gasteiger partial charge in [-0.25, -0.2) is 0 Å². The number of aliphatic imine (C=N–C) groups is 1. The van der Waals surface area contributed by atoms with Crippen molar-refractivity contribution in [2.24, 2.45) is 10.7 Å². The van der Waals surface area contributed by atoms with Crippen molar-refractivity contribution in [3.63, 3.8) is 0 Å². The molecule has 4 rings (SSSR count). The summed E-state index contributed by atoms with van der Waals surface area (Å²) in [4.78, 5) is 4.55. The molecule has 6 heteroatoms. The highest BCUT2D eigenvalue weighted by molar-refractivity contribution is 5.99. The summed E-state index contributed by atoms with van der Waals surface area (Å²) in [6.45, 7) is 3.37. The van der Waals surface area contributed by atoms with E-state index in [-0.39, 0.29) is 5.84 Å². The molecular weight excluding hydrogens is 384 g/mol. The molecule has 0 radical (unpaired) electrons. The summed E-state index contributed by atoms with van der Waals surface area (Å²) in [5, 5.41) is 17.8. The van der Waals surface area contributed by atoms with Crippen molar-refractivity contribution in [3.8, 4) is 0 Å². The Morgan fingerprint density at radius 1 is 0.903 bits per heavy atom. The first-order chi connectivity index (χ1) is 15.2. The largest absolute Gasteiger partial charge is 0.384 e. The van der Waals surface area contributed by atoms with Gasteiger partial charge in [0.05, 0.1) is 0 Å². The topological polar surface area (TPSA) is 98.3 Å². The number of nitrogens with zero attached hydrogens (tertiary/aromatic N) is 1. The summed E-state index contributed by atoms with van der Waals surface area (Å²) < 4.78 is 0. The first-order valence-electron chi connectivity index (χ1n) is 10.6. The van der Waals surface area contributed by atoms with Crippen LogP contribution in [0, 0.1) is 5.41 Å². The number of anilines is 2. The molecule has 158 valence electrons. The van der Waals surface area contributed by atoms with Crippen LogP contribution in [0.15, 0.2) is 77.8 Å². The average molecular weight is 413 g/mol. The lowest BCUT2D eigenvalue weighted by atomic mass is 10.1. The molecule has 3 aromatic carbocycles. The van der Waals surface area contributed by atoms with E-state index in [0.29, 0.717) is 6.54 Å². The zero-order chi connectivity index (χ0) is 21.5. The number of nitrogens with one attached hydrogen (secondary N) is 4. The molecule has 0 saturated heterocycles. The van der Waals surface area contributed by atoms with Gasteiger partial charge in [-0.1, -0.05) is 54.6 Å². The normalized spacial score (nSPS) is 13.1. The number of benzene rings is 3. The van der Waals surface area contributed by atoms with E-state index in [1.807, 2.05) is 30.3 Å². The smallest absolute Gasteiger partial charge is 0.128 e. The molecule has 0 saturated carbocycles. The Balaban J connectivity index is 1.31. The van der Waals surface area contributed by atoms with Gasteiger partial charge in [-0.05, 0) is 35.7 Å². The van der Waals surface area contributed by atoms with E-state index in [0.717, 1.165) is 60.0 Å². The van der Waals surface area contributed by atoms with Gasteiger partial charge in [0.2, 0.25) is 0 Å². The summed E-state index contributed by atoms with van der Waals surface area (Å²) in [5.74, 6) is 1.09. The van der Waals surface area contributed by atoms with Crippen LogP contribution >= 0.6 is 0 Å². The van der Waals surface area contributed by atoms with Gasteiger partial charge in [0.15, 0.2) is 0 Å². The first kappa shape index (κ1) is 20.5. The van der Waals surface area contributed by atoms with Crippen molar-refractivity contribution in [1.82, 2.24) is 5.32 Å². The maximum Gasteiger partial charge on any atom is 0.128 e. The van der Waals surface area contributed by atoms with Gasteiger partial charge in [0, 0.05) is 48.7 Å². The van der Waals surface area contributed by atoms with Crippen LogP contribution in [0.4, 0.5) is 11.4 Å². The van der Waals surface area contributed by atoms with Crippen molar-refractivity contribution in [2.45, 2.75) is 19.5 Å². The summed E-state index contributed by atoms with van der Waals surface area (Å²) in [5.41, 5.74) is 11.9.